The first-order valence-electron chi connectivity index (χ1n) is 8.08. The molecular formula is C15H22N4O4. The van der Waals surface area contributed by atoms with Gasteiger partial charge in [-0.1, -0.05) is 0 Å². The Bertz CT molecular complexity index is 580. The number of fused-ring (bicyclic) bond motifs is 1. The van der Waals surface area contributed by atoms with Crippen LogP contribution in [0.15, 0.2) is 6.33 Å². The van der Waals surface area contributed by atoms with Gasteiger partial charge in [-0.05, 0) is 13.3 Å². The molecule has 0 aliphatic carbocycles. The lowest BCUT2D eigenvalue weighted by Gasteiger charge is -2.36. The van der Waals surface area contributed by atoms with Gasteiger partial charge in [-0.25, -0.2) is 14.5 Å². The van der Waals surface area contributed by atoms with E-state index in [1.54, 1.807) is 11.6 Å². The zero-order chi connectivity index (χ0) is 16.3. The second-order valence-corrected chi connectivity index (χ2v) is 6.00. The fourth-order valence-corrected chi connectivity index (χ4v) is 3.16. The van der Waals surface area contributed by atoms with Crippen molar-refractivity contribution in [3.05, 3.63) is 12.2 Å². The van der Waals surface area contributed by atoms with Crippen LogP contribution < -0.4 is 5.32 Å². The highest BCUT2D eigenvalue weighted by Gasteiger charge is 2.44. The average molecular weight is 322 g/mol. The quantitative estimate of drug-likeness (QED) is 0.788. The molecule has 0 bridgehead atoms. The van der Waals surface area contributed by atoms with E-state index in [0.29, 0.717) is 52.0 Å². The SMILES string of the molecule is CCOC(=O)C1(NC(=O)C2CCc3ncnn3C2)CCOCC1. The fourth-order valence-electron chi connectivity index (χ4n) is 3.16. The second-order valence-electron chi connectivity index (χ2n) is 6.00. The van der Waals surface area contributed by atoms with Crippen molar-refractivity contribution in [1.82, 2.24) is 20.1 Å². The topological polar surface area (TPSA) is 95.3 Å². The summed E-state index contributed by atoms with van der Waals surface area (Å²) < 4.78 is 12.3. The van der Waals surface area contributed by atoms with E-state index in [-0.39, 0.29) is 17.8 Å². The maximum atomic E-state index is 12.7. The summed E-state index contributed by atoms with van der Waals surface area (Å²) in [5.41, 5.74) is -0.964. The Morgan fingerprint density at radius 1 is 1.48 bits per heavy atom. The number of carbonyl (C=O) groups excluding carboxylic acids is 2. The monoisotopic (exact) mass is 322 g/mol. The molecule has 3 rings (SSSR count). The molecule has 0 aromatic carbocycles. The molecule has 0 saturated carbocycles. The molecule has 8 nitrogen and oxygen atoms in total. The average Bonchev–Trinajstić information content (AvgIpc) is 3.03. The van der Waals surface area contributed by atoms with Crippen LogP contribution in [-0.2, 0) is 32.0 Å². The molecule has 1 fully saturated rings. The van der Waals surface area contributed by atoms with E-state index in [4.69, 9.17) is 9.47 Å². The molecule has 2 aliphatic heterocycles. The number of esters is 1. The van der Waals surface area contributed by atoms with E-state index < -0.39 is 5.54 Å². The van der Waals surface area contributed by atoms with Gasteiger partial charge in [0.2, 0.25) is 5.91 Å². The Balaban J connectivity index is 1.70. The van der Waals surface area contributed by atoms with Crippen molar-refractivity contribution in [3.8, 4) is 0 Å². The first-order chi connectivity index (χ1) is 11.1. The fraction of sp³-hybridized carbons (Fsp3) is 0.733. The van der Waals surface area contributed by atoms with Gasteiger partial charge in [0.05, 0.1) is 19.1 Å². The van der Waals surface area contributed by atoms with Gasteiger partial charge in [-0.2, -0.15) is 5.10 Å². The highest BCUT2D eigenvalue weighted by molar-refractivity contribution is 5.89. The van der Waals surface area contributed by atoms with Crippen LogP contribution in [0.5, 0.6) is 0 Å². The molecule has 1 atom stereocenters. The van der Waals surface area contributed by atoms with Gasteiger partial charge in [-0.15, -0.1) is 0 Å². The maximum absolute atomic E-state index is 12.7. The molecule has 8 heteroatoms. The van der Waals surface area contributed by atoms with Crippen LogP contribution in [0.25, 0.3) is 0 Å². The molecular weight excluding hydrogens is 300 g/mol. The number of ether oxygens (including phenoxy) is 2. The number of amides is 1. The summed E-state index contributed by atoms with van der Waals surface area (Å²) in [6.07, 6.45) is 3.82. The van der Waals surface area contributed by atoms with E-state index in [0.717, 1.165) is 5.82 Å². The third-order valence-corrected chi connectivity index (χ3v) is 4.55. The van der Waals surface area contributed by atoms with Gasteiger partial charge in [0, 0.05) is 32.5 Å². The van der Waals surface area contributed by atoms with Crippen molar-refractivity contribution in [2.45, 2.75) is 44.7 Å². The number of hydrogen-bond donors (Lipinski definition) is 1. The van der Waals surface area contributed by atoms with Gasteiger partial charge in [-0.3, -0.25) is 4.79 Å². The third-order valence-electron chi connectivity index (χ3n) is 4.55. The zero-order valence-electron chi connectivity index (χ0n) is 13.3. The summed E-state index contributed by atoms with van der Waals surface area (Å²) in [5, 5.41) is 7.09. The molecule has 1 saturated heterocycles. The summed E-state index contributed by atoms with van der Waals surface area (Å²) in [5.74, 6) is 0.202. The Morgan fingerprint density at radius 2 is 2.26 bits per heavy atom. The van der Waals surface area contributed by atoms with E-state index in [1.165, 1.54) is 6.33 Å². The van der Waals surface area contributed by atoms with Crippen molar-refractivity contribution in [1.29, 1.82) is 0 Å². The van der Waals surface area contributed by atoms with Crippen LogP contribution in [-0.4, -0.2) is 52.0 Å². The van der Waals surface area contributed by atoms with Crippen LogP contribution >= 0.6 is 0 Å². The Morgan fingerprint density at radius 3 is 3.00 bits per heavy atom. The lowest BCUT2D eigenvalue weighted by atomic mass is 9.88. The zero-order valence-corrected chi connectivity index (χ0v) is 13.3. The minimum absolute atomic E-state index is 0.124. The summed E-state index contributed by atoms with van der Waals surface area (Å²) in [7, 11) is 0. The van der Waals surface area contributed by atoms with Gasteiger partial charge >= 0.3 is 5.97 Å². The van der Waals surface area contributed by atoms with Gasteiger partial charge < -0.3 is 14.8 Å². The molecule has 0 spiro atoms. The number of rotatable bonds is 4. The minimum Gasteiger partial charge on any atom is -0.464 e. The molecule has 1 amide bonds. The molecule has 126 valence electrons. The molecule has 1 aromatic heterocycles. The van der Waals surface area contributed by atoms with Crippen LogP contribution in [0.1, 0.15) is 32.0 Å². The molecule has 1 aromatic rings. The summed E-state index contributed by atoms with van der Waals surface area (Å²) in [6, 6.07) is 0. The highest BCUT2D eigenvalue weighted by Crippen LogP contribution is 2.25. The standard InChI is InChI=1S/C15H22N4O4/c1-2-23-14(21)15(5-7-22-8-6-15)18-13(20)11-3-4-12-16-10-17-19(12)9-11/h10-11H,2-9H2,1H3,(H,18,20). The molecule has 1 N–H and O–H groups in total. The Hall–Kier alpha value is -1.96. The van der Waals surface area contributed by atoms with Gasteiger partial charge in [0.1, 0.15) is 17.7 Å². The van der Waals surface area contributed by atoms with Gasteiger partial charge in [0.15, 0.2) is 0 Å². The Kier molecular flexibility index (Phi) is 4.61. The molecule has 23 heavy (non-hydrogen) atoms. The number of carbonyl (C=O) groups is 2. The van der Waals surface area contributed by atoms with E-state index in [9.17, 15) is 9.59 Å². The minimum atomic E-state index is -0.964. The van der Waals surface area contributed by atoms with E-state index >= 15 is 0 Å². The number of nitrogens with one attached hydrogen (secondary N) is 1. The number of hydrogen-bond acceptors (Lipinski definition) is 6. The van der Waals surface area contributed by atoms with Crippen LogP contribution in [0.3, 0.4) is 0 Å². The molecule has 0 radical (unpaired) electrons. The van der Waals surface area contributed by atoms with Crippen LogP contribution in [0, 0.1) is 5.92 Å². The Labute approximate surface area is 134 Å². The van der Waals surface area contributed by atoms with Crippen molar-refractivity contribution in [3.63, 3.8) is 0 Å². The summed E-state index contributed by atoms with van der Waals surface area (Å²) in [6.45, 7) is 3.44. The normalized spacial score (nSPS) is 22.9. The number of aryl methyl sites for hydroxylation is 1. The summed E-state index contributed by atoms with van der Waals surface area (Å²) in [4.78, 5) is 29.2. The van der Waals surface area contributed by atoms with Crippen molar-refractivity contribution in [2.75, 3.05) is 19.8 Å². The van der Waals surface area contributed by atoms with Crippen molar-refractivity contribution >= 4 is 11.9 Å². The largest absolute Gasteiger partial charge is 0.464 e. The predicted molar refractivity (Wildman–Crippen MR) is 79.4 cm³/mol. The summed E-state index contributed by atoms with van der Waals surface area (Å²) >= 11 is 0. The second kappa shape index (κ2) is 6.66. The highest BCUT2D eigenvalue weighted by atomic mass is 16.5. The predicted octanol–water partition coefficient (Wildman–Crippen LogP) is 0.0690. The van der Waals surface area contributed by atoms with E-state index in [2.05, 4.69) is 15.4 Å². The smallest absolute Gasteiger partial charge is 0.332 e. The third kappa shape index (κ3) is 3.21. The van der Waals surface area contributed by atoms with Crippen LogP contribution in [0.2, 0.25) is 0 Å². The first kappa shape index (κ1) is 15.9. The lowest BCUT2D eigenvalue weighted by molar-refractivity contribution is -0.158. The van der Waals surface area contributed by atoms with Crippen molar-refractivity contribution in [2.24, 2.45) is 5.92 Å². The number of nitrogens with zero attached hydrogens (tertiary/aromatic N) is 3. The molecule has 2 aliphatic rings. The number of aromatic nitrogens is 3. The lowest BCUT2D eigenvalue weighted by Crippen LogP contribution is -2.59. The molecule has 3 heterocycles. The van der Waals surface area contributed by atoms with E-state index in [1.807, 2.05) is 0 Å². The van der Waals surface area contributed by atoms with Gasteiger partial charge in [0.25, 0.3) is 0 Å². The molecule has 1 unspecified atom stereocenters. The first-order valence-corrected chi connectivity index (χ1v) is 8.08. The van der Waals surface area contributed by atoms with Crippen molar-refractivity contribution < 1.29 is 19.1 Å². The maximum Gasteiger partial charge on any atom is 0.332 e. The van der Waals surface area contributed by atoms with Crippen LogP contribution in [0.4, 0.5) is 0 Å².